The molecule has 0 spiro atoms. The summed E-state index contributed by atoms with van der Waals surface area (Å²) < 4.78 is 2.16. The Morgan fingerprint density at radius 2 is 2.00 bits per heavy atom. The molecule has 2 rings (SSSR count). The van der Waals surface area contributed by atoms with E-state index in [2.05, 4.69) is 47.1 Å². The highest BCUT2D eigenvalue weighted by Crippen LogP contribution is 2.21. The third-order valence-corrected chi connectivity index (χ3v) is 3.85. The molecule has 0 bridgehead atoms. The molecule has 0 atom stereocenters. The fraction of sp³-hybridized carbons (Fsp3) is 0.278. The molecular weight excluding hydrogens is 288 g/mol. The minimum absolute atomic E-state index is 0.195. The summed E-state index contributed by atoms with van der Waals surface area (Å²) >= 11 is 0. The molecule has 1 aromatic carbocycles. The molecule has 0 fully saturated rings. The molecule has 0 saturated heterocycles. The number of carbonyl (C=O) groups is 1. The van der Waals surface area contributed by atoms with Crippen LogP contribution in [0.4, 0.5) is 0 Å². The van der Waals surface area contributed by atoms with E-state index >= 15 is 0 Å². The van der Waals surface area contributed by atoms with E-state index in [0.717, 1.165) is 22.6 Å². The molecule has 5 nitrogen and oxygen atoms in total. The largest absolute Gasteiger partial charge is 0.318 e. The van der Waals surface area contributed by atoms with Gasteiger partial charge in [-0.1, -0.05) is 6.07 Å². The average Bonchev–Trinajstić information content (AvgIpc) is 2.77. The van der Waals surface area contributed by atoms with Crippen molar-refractivity contribution in [2.75, 3.05) is 0 Å². The zero-order valence-electron chi connectivity index (χ0n) is 13.8. The molecular formula is C18H20N4O. The van der Waals surface area contributed by atoms with Crippen molar-refractivity contribution in [1.82, 2.24) is 9.99 Å². The molecule has 1 heterocycles. The van der Waals surface area contributed by atoms with E-state index in [1.807, 2.05) is 19.9 Å². The number of rotatable bonds is 4. The number of hydrogen-bond donors (Lipinski definition) is 1. The predicted molar refractivity (Wildman–Crippen MR) is 90.7 cm³/mol. The van der Waals surface area contributed by atoms with E-state index in [0.29, 0.717) is 0 Å². The summed E-state index contributed by atoms with van der Waals surface area (Å²) in [5.74, 6) is -0.410. The van der Waals surface area contributed by atoms with Crippen molar-refractivity contribution in [3.63, 3.8) is 0 Å². The predicted octanol–water partition coefficient (Wildman–Crippen LogP) is 3.07. The van der Waals surface area contributed by atoms with Crippen LogP contribution in [-0.4, -0.2) is 16.7 Å². The number of nitrogens with zero attached hydrogens (tertiary/aromatic N) is 3. The van der Waals surface area contributed by atoms with Gasteiger partial charge in [-0.25, -0.2) is 5.43 Å². The summed E-state index contributed by atoms with van der Waals surface area (Å²) in [6, 6.07) is 10.2. The van der Waals surface area contributed by atoms with Crippen LogP contribution in [0.1, 0.15) is 34.5 Å². The van der Waals surface area contributed by atoms with E-state index in [9.17, 15) is 4.79 Å². The maximum absolute atomic E-state index is 11.2. The van der Waals surface area contributed by atoms with Gasteiger partial charge in [0.05, 0.1) is 12.3 Å². The number of carbonyl (C=O) groups excluding carboxylic acids is 1. The quantitative estimate of drug-likeness (QED) is 0.696. The number of hydrogen-bond acceptors (Lipinski definition) is 3. The van der Waals surface area contributed by atoms with E-state index in [1.165, 1.54) is 11.1 Å². The highest BCUT2D eigenvalue weighted by molar-refractivity contribution is 5.84. The van der Waals surface area contributed by atoms with Crippen LogP contribution in [0.5, 0.6) is 0 Å². The van der Waals surface area contributed by atoms with E-state index in [4.69, 9.17) is 5.26 Å². The first-order chi connectivity index (χ1) is 10.9. The summed E-state index contributed by atoms with van der Waals surface area (Å²) in [4.78, 5) is 11.2. The molecule has 118 valence electrons. The van der Waals surface area contributed by atoms with Crippen molar-refractivity contribution in [2.24, 2.45) is 5.10 Å². The molecule has 0 aliphatic heterocycles. The Kier molecular flexibility index (Phi) is 4.97. The summed E-state index contributed by atoms with van der Waals surface area (Å²) in [5.41, 5.74) is 9.02. The monoisotopic (exact) mass is 308 g/mol. The lowest BCUT2D eigenvalue weighted by Crippen LogP contribution is -2.16. The van der Waals surface area contributed by atoms with Gasteiger partial charge in [-0.3, -0.25) is 4.79 Å². The molecule has 1 amide bonds. The van der Waals surface area contributed by atoms with Crippen LogP contribution >= 0.6 is 0 Å². The van der Waals surface area contributed by atoms with Gasteiger partial charge in [0.15, 0.2) is 0 Å². The van der Waals surface area contributed by atoms with Gasteiger partial charge in [-0.2, -0.15) is 10.4 Å². The smallest absolute Gasteiger partial charge is 0.254 e. The Hall–Kier alpha value is -2.87. The van der Waals surface area contributed by atoms with Gasteiger partial charge in [-0.15, -0.1) is 0 Å². The van der Waals surface area contributed by atoms with Crippen LogP contribution < -0.4 is 5.43 Å². The molecule has 0 radical (unpaired) electrons. The summed E-state index contributed by atoms with van der Waals surface area (Å²) in [7, 11) is 0. The van der Waals surface area contributed by atoms with Crippen LogP contribution in [0.3, 0.4) is 0 Å². The summed E-state index contributed by atoms with van der Waals surface area (Å²) in [6.07, 6.45) is 1.41. The lowest BCUT2D eigenvalue weighted by molar-refractivity contribution is -0.120. The van der Waals surface area contributed by atoms with Crippen LogP contribution in [0.15, 0.2) is 29.4 Å². The highest BCUT2D eigenvalue weighted by Gasteiger charge is 2.10. The summed E-state index contributed by atoms with van der Waals surface area (Å²) in [6.45, 7) is 8.24. The van der Waals surface area contributed by atoms with Gasteiger partial charge in [0.25, 0.3) is 5.91 Å². The number of benzene rings is 1. The number of amides is 1. The molecule has 1 N–H and O–H groups in total. The first-order valence-corrected chi connectivity index (χ1v) is 7.39. The van der Waals surface area contributed by atoms with Crippen molar-refractivity contribution >= 4 is 12.1 Å². The number of nitrogens with one attached hydrogen (secondary N) is 1. The van der Waals surface area contributed by atoms with Gasteiger partial charge in [0, 0.05) is 22.6 Å². The fourth-order valence-corrected chi connectivity index (χ4v) is 2.47. The molecule has 0 saturated carbocycles. The Morgan fingerprint density at radius 3 is 2.65 bits per heavy atom. The second-order valence-corrected chi connectivity index (χ2v) is 5.56. The topological polar surface area (TPSA) is 70.2 Å². The van der Waals surface area contributed by atoms with E-state index in [1.54, 1.807) is 12.3 Å². The third-order valence-electron chi connectivity index (χ3n) is 3.85. The van der Waals surface area contributed by atoms with Gasteiger partial charge in [-0.05, 0) is 57.0 Å². The van der Waals surface area contributed by atoms with Crippen LogP contribution in [0.2, 0.25) is 0 Å². The van der Waals surface area contributed by atoms with Gasteiger partial charge in [0.1, 0.15) is 6.42 Å². The van der Waals surface area contributed by atoms with Gasteiger partial charge < -0.3 is 4.57 Å². The zero-order valence-corrected chi connectivity index (χ0v) is 13.8. The number of nitriles is 1. The SMILES string of the molecule is Cc1ccc(-n2c(C)cc(/C=N\NC(=O)CC#N)c2C)cc1C. The standard InChI is InChI=1S/C18H20N4O/c1-12-5-6-17(9-13(12)2)22-14(3)10-16(15(22)4)11-20-21-18(23)7-8-19/h5-6,9-11H,7H2,1-4H3,(H,21,23)/b20-11-. The van der Waals surface area contributed by atoms with Crippen molar-refractivity contribution in [2.45, 2.75) is 34.1 Å². The van der Waals surface area contributed by atoms with Crippen molar-refractivity contribution in [3.05, 3.63) is 52.3 Å². The van der Waals surface area contributed by atoms with Gasteiger partial charge >= 0.3 is 0 Å². The fourth-order valence-electron chi connectivity index (χ4n) is 2.47. The third kappa shape index (κ3) is 3.67. The number of aryl methyl sites for hydroxylation is 3. The zero-order chi connectivity index (χ0) is 17.0. The number of aromatic nitrogens is 1. The van der Waals surface area contributed by atoms with Crippen molar-refractivity contribution < 1.29 is 4.79 Å². The molecule has 0 aliphatic rings. The Morgan fingerprint density at radius 1 is 1.26 bits per heavy atom. The molecule has 0 aliphatic carbocycles. The molecule has 5 heteroatoms. The van der Waals surface area contributed by atoms with Gasteiger partial charge in [0.2, 0.25) is 0 Å². The van der Waals surface area contributed by atoms with Crippen molar-refractivity contribution in [3.8, 4) is 11.8 Å². The van der Waals surface area contributed by atoms with Crippen LogP contribution in [-0.2, 0) is 4.79 Å². The highest BCUT2D eigenvalue weighted by atomic mass is 16.2. The normalized spacial score (nSPS) is 10.7. The van der Waals surface area contributed by atoms with E-state index in [-0.39, 0.29) is 6.42 Å². The lowest BCUT2D eigenvalue weighted by atomic mass is 10.1. The Bertz CT molecular complexity index is 809. The maximum atomic E-state index is 11.2. The lowest BCUT2D eigenvalue weighted by Gasteiger charge is -2.11. The Balaban J connectivity index is 2.29. The van der Waals surface area contributed by atoms with E-state index < -0.39 is 5.91 Å². The summed E-state index contributed by atoms with van der Waals surface area (Å²) in [5, 5.41) is 12.4. The average molecular weight is 308 g/mol. The molecule has 23 heavy (non-hydrogen) atoms. The maximum Gasteiger partial charge on any atom is 0.254 e. The minimum atomic E-state index is -0.410. The van der Waals surface area contributed by atoms with Crippen LogP contribution in [0.25, 0.3) is 5.69 Å². The Labute approximate surface area is 136 Å². The first kappa shape index (κ1) is 16.5. The molecule has 2 aromatic rings. The van der Waals surface area contributed by atoms with Crippen molar-refractivity contribution in [1.29, 1.82) is 5.26 Å². The molecule has 0 unspecified atom stereocenters. The first-order valence-electron chi connectivity index (χ1n) is 7.39. The molecule has 1 aromatic heterocycles. The van der Waals surface area contributed by atoms with Crippen LogP contribution in [0, 0.1) is 39.0 Å². The second kappa shape index (κ2) is 6.93. The minimum Gasteiger partial charge on any atom is -0.318 e. The second-order valence-electron chi connectivity index (χ2n) is 5.56. The number of hydrazone groups is 1.